The highest BCUT2D eigenvalue weighted by Crippen LogP contribution is 2.13. The number of ether oxygens (including phenoxy) is 3. The molecule has 24 heavy (non-hydrogen) atoms. The molecule has 1 aromatic rings. The van der Waals surface area contributed by atoms with Crippen molar-refractivity contribution >= 4 is 12.1 Å². The molecule has 0 aliphatic heterocycles. The monoisotopic (exact) mass is 341 g/mol. The molecule has 1 atom stereocenters. The van der Waals surface area contributed by atoms with Crippen molar-refractivity contribution in [2.24, 2.45) is 0 Å². The molecule has 6 nitrogen and oxygen atoms in total. The van der Waals surface area contributed by atoms with E-state index in [2.05, 4.69) is 0 Å². The second-order valence-electron chi connectivity index (χ2n) is 6.28. The first-order chi connectivity index (χ1) is 11.1. The van der Waals surface area contributed by atoms with Crippen molar-refractivity contribution in [2.75, 3.05) is 13.8 Å². The van der Waals surface area contributed by atoms with E-state index in [1.54, 1.807) is 20.8 Å². The zero-order chi connectivity index (χ0) is 18.3. The van der Waals surface area contributed by atoms with Gasteiger partial charge in [0.1, 0.15) is 30.8 Å². The number of methoxy groups -OCH3 is 1. The lowest BCUT2D eigenvalue weighted by Gasteiger charge is -2.29. The summed E-state index contributed by atoms with van der Waals surface area (Å²) in [5.41, 5.74) is -0.0478. The van der Waals surface area contributed by atoms with E-state index in [9.17, 15) is 14.0 Å². The Balaban J connectivity index is 2.67. The highest BCUT2D eigenvalue weighted by atomic mass is 19.1. The van der Waals surface area contributed by atoms with Crippen molar-refractivity contribution in [1.29, 1.82) is 0 Å². The van der Waals surface area contributed by atoms with Crippen molar-refractivity contribution in [3.8, 4) is 0 Å². The van der Waals surface area contributed by atoms with Crippen LogP contribution in [0.5, 0.6) is 0 Å². The van der Waals surface area contributed by atoms with Crippen LogP contribution in [0, 0.1) is 5.82 Å². The molecule has 0 fully saturated rings. The summed E-state index contributed by atoms with van der Waals surface area (Å²) in [6, 6.07) is 4.72. The molecule has 7 heteroatoms. The molecule has 0 saturated carbocycles. The van der Waals surface area contributed by atoms with E-state index in [1.165, 1.54) is 38.3 Å². The van der Waals surface area contributed by atoms with Crippen LogP contribution in [0.4, 0.5) is 9.18 Å². The number of esters is 1. The molecule has 134 valence electrons. The summed E-state index contributed by atoms with van der Waals surface area (Å²) >= 11 is 0. The fourth-order valence-corrected chi connectivity index (χ4v) is 1.77. The number of amides is 1. The Morgan fingerprint density at radius 2 is 1.79 bits per heavy atom. The fraction of sp³-hybridized carbons (Fsp3) is 0.529. The second-order valence-corrected chi connectivity index (χ2v) is 6.28. The summed E-state index contributed by atoms with van der Waals surface area (Å²) in [6.07, 6.45) is -0.671. The number of halogens is 1. The maximum absolute atomic E-state index is 12.8. The molecule has 0 radical (unpaired) electrons. The molecule has 0 N–H and O–H groups in total. The van der Waals surface area contributed by atoms with Crippen LogP contribution in [-0.2, 0) is 25.6 Å². The van der Waals surface area contributed by atoms with Crippen LogP contribution in [0.3, 0.4) is 0 Å². The van der Waals surface area contributed by atoms with E-state index >= 15 is 0 Å². The minimum Gasteiger partial charge on any atom is -0.459 e. The van der Waals surface area contributed by atoms with Gasteiger partial charge in [-0.2, -0.15) is 0 Å². The van der Waals surface area contributed by atoms with Crippen LogP contribution in [0.1, 0.15) is 33.3 Å². The summed E-state index contributed by atoms with van der Waals surface area (Å²) in [7, 11) is 1.41. The molecule has 0 bridgehead atoms. The molecule has 0 unspecified atom stereocenters. The first-order valence-electron chi connectivity index (χ1n) is 7.53. The second kappa shape index (κ2) is 8.63. The van der Waals surface area contributed by atoms with Gasteiger partial charge in [-0.3, -0.25) is 4.90 Å². The SMILES string of the molecule is COCN(C(=O)OC(C)(C)C)[C@@H](C)C(=O)OCc1ccc(F)cc1. The van der Waals surface area contributed by atoms with E-state index in [4.69, 9.17) is 14.2 Å². The van der Waals surface area contributed by atoms with Gasteiger partial charge in [0.15, 0.2) is 0 Å². The van der Waals surface area contributed by atoms with E-state index in [1.807, 2.05) is 0 Å². The third-order valence-electron chi connectivity index (χ3n) is 3.00. The van der Waals surface area contributed by atoms with Gasteiger partial charge in [0.2, 0.25) is 0 Å². The number of carbonyl (C=O) groups is 2. The molecule has 0 aliphatic rings. The van der Waals surface area contributed by atoms with Gasteiger partial charge in [0, 0.05) is 7.11 Å². The Morgan fingerprint density at radius 1 is 1.21 bits per heavy atom. The van der Waals surface area contributed by atoms with Gasteiger partial charge in [-0.25, -0.2) is 14.0 Å². The van der Waals surface area contributed by atoms with Gasteiger partial charge in [0.25, 0.3) is 0 Å². The topological polar surface area (TPSA) is 65.1 Å². The van der Waals surface area contributed by atoms with Crippen LogP contribution in [0.15, 0.2) is 24.3 Å². The number of rotatable bonds is 6. The van der Waals surface area contributed by atoms with Crippen molar-refractivity contribution < 1.29 is 28.2 Å². The molecule has 0 aliphatic carbocycles. The Bertz CT molecular complexity index is 553. The van der Waals surface area contributed by atoms with Gasteiger partial charge in [-0.15, -0.1) is 0 Å². The first kappa shape index (κ1) is 19.9. The standard InChI is InChI=1S/C17H24FNO5/c1-12(19(11-22-5)16(21)24-17(2,3)4)15(20)23-10-13-6-8-14(18)9-7-13/h6-9,12H,10-11H2,1-5H3/t12-/m0/s1. The Hall–Kier alpha value is -2.15. The van der Waals surface area contributed by atoms with Crippen LogP contribution < -0.4 is 0 Å². The average molecular weight is 341 g/mol. The van der Waals surface area contributed by atoms with Gasteiger partial charge in [-0.1, -0.05) is 12.1 Å². The molecular weight excluding hydrogens is 317 g/mol. The molecule has 1 amide bonds. The van der Waals surface area contributed by atoms with E-state index in [-0.39, 0.29) is 19.2 Å². The summed E-state index contributed by atoms with van der Waals surface area (Å²) in [6.45, 7) is 6.59. The quantitative estimate of drug-likeness (QED) is 0.588. The van der Waals surface area contributed by atoms with Gasteiger partial charge < -0.3 is 14.2 Å². The molecule has 0 saturated heterocycles. The summed E-state index contributed by atoms with van der Waals surface area (Å²) in [5.74, 6) is -0.975. The summed E-state index contributed by atoms with van der Waals surface area (Å²) < 4.78 is 28.2. The smallest absolute Gasteiger partial charge is 0.412 e. The minimum absolute atomic E-state index is 0.0153. The average Bonchev–Trinajstić information content (AvgIpc) is 2.49. The van der Waals surface area contributed by atoms with Crippen molar-refractivity contribution in [3.05, 3.63) is 35.6 Å². The van der Waals surface area contributed by atoms with Crippen molar-refractivity contribution in [1.82, 2.24) is 4.90 Å². The van der Waals surface area contributed by atoms with E-state index in [0.717, 1.165) is 4.90 Å². The number of hydrogen-bond donors (Lipinski definition) is 0. The van der Waals surface area contributed by atoms with Crippen molar-refractivity contribution in [2.45, 2.75) is 45.9 Å². The van der Waals surface area contributed by atoms with Crippen LogP contribution in [0.2, 0.25) is 0 Å². The van der Waals surface area contributed by atoms with E-state index in [0.29, 0.717) is 5.56 Å². The zero-order valence-electron chi connectivity index (χ0n) is 14.7. The predicted octanol–water partition coefficient (Wildman–Crippen LogP) is 3.10. The zero-order valence-corrected chi connectivity index (χ0v) is 14.7. The fourth-order valence-electron chi connectivity index (χ4n) is 1.77. The molecule has 0 aromatic heterocycles. The minimum atomic E-state index is -0.889. The van der Waals surface area contributed by atoms with Crippen molar-refractivity contribution in [3.63, 3.8) is 0 Å². The van der Waals surface area contributed by atoms with E-state index < -0.39 is 23.7 Å². The Kier molecular flexibility index (Phi) is 7.16. The maximum Gasteiger partial charge on any atom is 0.412 e. The van der Waals surface area contributed by atoms with Gasteiger partial charge in [-0.05, 0) is 45.4 Å². The van der Waals surface area contributed by atoms with Crippen LogP contribution in [0.25, 0.3) is 0 Å². The van der Waals surface area contributed by atoms with Crippen LogP contribution >= 0.6 is 0 Å². The lowest BCUT2D eigenvalue weighted by molar-refractivity contribution is -0.152. The summed E-state index contributed by atoms with van der Waals surface area (Å²) in [4.78, 5) is 25.5. The number of nitrogens with zero attached hydrogens (tertiary/aromatic N) is 1. The first-order valence-corrected chi connectivity index (χ1v) is 7.53. The third-order valence-corrected chi connectivity index (χ3v) is 3.00. The molecule has 1 rings (SSSR count). The van der Waals surface area contributed by atoms with Crippen LogP contribution in [-0.4, -0.2) is 42.4 Å². The molecule has 0 heterocycles. The largest absolute Gasteiger partial charge is 0.459 e. The number of hydrogen-bond acceptors (Lipinski definition) is 5. The van der Waals surface area contributed by atoms with Gasteiger partial charge in [0.05, 0.1) is 0 Å². The molecular formula is C17H24FNO5. The predicted molar refractivity (Wildman–Crippen MR) is 85.6 cm³/mol. The normalized spacial score (nSPS) is 12.4. The third kappa shape index (κ3) is 6.54. The number of benzene rings is 1. The Labute approximate surface area is 141 Å². The lowest BCUT2D eigenvalue weighted by Crippen LogP contribution is -2.47. The highest BCUT2D eigenvalue weighted by Gasteiger charge is 2.30. The maximum atomic E-state index is 12.8. The Morgan fingerprint density at radius 3 is 2.29 bits per heavy atom. The molecule has 0 spiro atoms. The highest BCUT2D eigenvalue weighted by molar-refractivity contribution is 5.81. The number of carbonyl (C=O) groups excluding carboxylic acids is 2. The summed E-state index contributed by atoms with van der Waals surface area (Å²) in [5, 5.41) is 0. The van der Waals surface area contributed by atoms with Gasteiger partial charge >= 0.3 is 12.1 Å². The lowest BCUT2D eigenvalue weighted by atomic mass is 10.2. The molecule has 1 aromatic carbocycles.